The van der Waals surface area contributed by atoms with Gasteiger partial charge in [0.05, 0.1) is 12.3 Å². The molecule has 198 valence electrons. The number of ether oxygens (including phenoxy) is 1. The third-order valence-electron chi connectivity index (χ3n) is 8.21. The first kappa shape index (κ1) is 24.8. The average Bonchev–Trinajstić information content (AvgIpc) is 3.48. The van der Waals surface area contributed by atoms with Gasteiger partial charge in [0, 0.05) is 39.8 Å². The minimum atomic E-state index is -1.20. The number of carboxylic acid groups (broad SMARTS) is 1. The van der Waals surface area contributed by atoms with E-state index in [0.717, 1.165) is 41.3 Å². The average molecular weight is 535 g/mol. The van der Waals surface area contributed by atoms with Crippen LogP contribution in [0.1, 0.15) is 33.6 Å². The molecule has 0 bridgehead atoms. The van der Waals surface area contributed by atoms with Gasteiger partial charge in [0.1, 0.15) is 23.7 Å². The molecule has 6 aliphatic rings. The van der Waals surface area contributed by atoms with Gasteiger partial charge in [0.2, 0.25) is 5.91 Å². The fraction of sp³-hybridized carbons (Fsp3) is 0.414. The van der Waals surface area contributed by atoms with Gasteiger partial charge in [-0.25, -0.2) is 4.79 Å². The number of rotatable bonds is 4. The first-order valence-corrected chi connectivity index (χ1v) is 13.5. The molecule has 2 amide bonds. The molecular formula is C29H31ClN4O4. The number of carbonyl (C=O) groups is 2. The number of amides is 2. The van der Waals surface area contributed by atoms with Crippen LogP contribution in [0.4, 0.5) is 4.79 Å². The first-order chi connectivity index (χ1) is 18.2. The van der Waals surface area contributed by atoms with Crippen LogP contribution in [0.25, 0.3) is 0 Å². The zero-order valence-corrected chi connectivity index (χ0v) is 22.3. The highest BCUT2D eigenvalue weighted by Gasteiger charge is 2.45. The molecule has 0 saturated carbocycles. The Bertz CT molecular complexity index is 1350. The summed E-state index contributed by atoms with van der Waals surface area (Å²) in [6, 6.07) is -1.18. The highest BCUT2D eigenvalue weighted by molar-refractivity contribution is 6.31. The highest BCUT2D eigenvalue weighted by Crippen LogP contribution is 2.45. The van der Waals surface area contributed by atoms with Crippen molar-refractivity contribution in [3.8, 4) is 0 Å². The minimum absolute atomic E-state index is 0.0100. The van der Waals surface area contributed by atoms with Crippen molar-refractivity contribution >= 4 is 29.4 Å². The number of aliphatic imine (C=N–C) groups is 1. The quantitative estimate of drug-likeness (QED) is 0.492. The lowest BCUT2D eigenvalue weighted by Gasteiger charge is -2.34. The Morgan fingerprint density at radius 2 is 2.05 bits per heavy atom. The summed E-state index contributed by atoms with van der Waals surface area (Å²) in [7, 11) is 0. The first-order valence-electron chi connectivity index (χ1n) is 13.1. The van der Waals surface area contributed by atoms with Crippen LogP contribution in [0.5, 0.6) is 0 Å². The van der Waals surface area contributed by atoms with Gasteiger partial charge in [-0.2, -0.15) is 0 Å². The molecular weight excluding hydrogens is 504 g/mol. The molecule has 3 unspecified atom stereocenters. The number of likely N-dealkylation sites (tertiary alicyclic amines) is 1. The zero-order chi connectivity index (χ0) is 26.7. The summed E-state index contributed by atoms with van der Waals surface area (Å²) in [6.45, 7) is 5.72. The van der Waals surface area contributed by atoms with Crippen molar-refractivity contribution in [2.75, 3.05) is 0 Å². The number of hydrogen-bond donors (Lipinski definition) is 3. The van der Waals surface area contributed by atoms with Crippen molar-refractivity contribution in [1.82, 2.24) is 15.5 Å². The Labute approximate surface area is 226 Å². The summed E-state index contributed by atoms with van der Waals surface area (Å²) in [5.41, 5.74) is 4.31. The van der Waals surface area contributed by atoms with Crippen LogP contribution >= 0.6 is 11.6 Å². The van der Waals surface area contributed by atoms with Crippen LogP contribution in [-0.4, -0.2) is 52.0 Å². The smallest absolute Gasteiger partial charge is 0.405 e. The summed E-state index contributed by atoms with van der Waals surface area (Å²) >= 11 is 6.19. The Hall–Kier alpha value is -3.52. The van der Waals surface area contributed by atoms with Gasteiger partial charge in [-0.1, -0.05) is 43.7 Å². The van der Waals surface area contributed by atoms with Crippen LogP contribution in [0.2, 0.25) is 0 Å². The molecule has 1 saturated heterocycles. The van der Waals surface area contributed by atoms with E-state index in [2.05, 4.69) is 41.0 Å². The lowest BCUT2D eigenvalue weighted by molar-refractivity contribution is -0.135. The van der Waals surface area contributed by atoms with E-state index in [0.29, 0.717) is 5.03 Å². The number of nitrogens with zero attached hydrogens (tertiary/aromatic N) is 2. The SMILES string of the molecule is CC(C)[C@H](NC(=O)O)C(=O)N1[C@@H](C)CC[C@H]1C1=NC2C(=CC=C3C=C4C(=CC32)OC=C2C=C(Cl)C=CC24)N1. The van der Waals surface area contributed by atoms with Gasteiger partial charge in [-0.3, -0.25) is 9.79 Å². The van der Waals surface area contributed by atoms with Gasteiger partial charge in [0.15, 0.2) is 0 Å². The van der Waals surface area contributed by atoms with Crippen molar-refractivity contribution in [3.63, 3.8) is 0 Å². The van der Waals surface area contributed by atoms with Crippen molar-refractivity contribution in [2.45, 2.75) is 57.8 Å². The van der Waals surface area contributed by atoms with E-state index in [9.17, 15) is 14.7 Å². The second-order valence-electron chi connectivity index (χ2n) is 11.0. The van der Waals surface area contributed by atoms with Crippen LogP contribution < -0.4 is 10.6 Å². The van der Waals surface area contributed by atoms with E-state index in [1.807, 2.05) is 37.8 Å². The third-order valence-corrected chi connectivity index (χ3v) is 8.44. The molecule has 3 aliphatic carbocycles. The van der Waals surface area contributed by atoms with Gasteiger partial charge in [-0.15, -0.1) is 0 Å². The number of nitrogens with one attached hydrogen (secondary N) is 2. The second kappa shape index (κ2) is 9.34. The van der Waals surface area contributed by atoms with Crippen LogP contribution in [0.15, 0.2) is 87.0 Å². The summed E-state index contributed by atoms with van der Waals surface area (Å²) in [6.07, 6.45) is 16.7. The van der Waals surface area contributed by atoms with E-state index in [1.165, 1.54) is 5.57 Å². The number of carbonyl (C=O) groups excluding carboxylic acids is 1. The molecule has 0 aromatic heterocycles. The predicted molar refractivity (Wildman–Crippen MR) is 145 cm³/mol. The summed E-state index contributed by atoms with van der Waals surface area (Å²) in [5, 5.41) is 15.9. The summed E-state index contributed by atoms with van der Waals surface area (Å²) in [4.78, 5) is 31.9. The number of fused-ring (bicyclic) bond motifs is 6. The Balaban J connectivity index is 1.27. The third kappa shape index (κ3) is 4.11. The molecule has 0 spiro atoms. The second-order valence-corrected chi connectivity index (χ2v) is 11.4. The lowest BCUT2D eigenvalue weighted by atomic mass is 9.76. The fourth-order valence-electron chi connectivity index (χ4n) is 6.28. The molecule has 3 aliphatic heterocycles. The van der Waals surface area contributed by atoms with Gasteiger partial charge < -0.3 is 25.4 Å². The molecule has 3 heterocycles. The molecule has 1 fully saturated rings. The largest absolute Gasteiger partial charge is 0.465 e. The molecule has 0 radical (unpaired) electrons. The standard InChI is InChI=1S/C29H31ClN4O4/c1-14(2)25(33-29(36)37)28(35)34-15(3)4-9-23(34)27-31-22-8-5-16-11-21-19-7-6-18(30)10-17(19)13-38-24(21)12-20(16)26(22)32-27/h5-8,10-15,19-20,23,25-26,33H,4,9H2,1-3H3,(H,31,32)(H,36,37)/t15-,19?,20?,23-,25-,26?/m0/s1. The summed E-state index contributed by atoms with van der Waals surface area (Å²) < 4.78 is 6.04. The monoisotopic (exact) mass is 534 g/mol. The molecule has 3 N–H and O–H groups in total. The maximum absolute atomic E-state index is 13.6. The fourth-order valence-corrected chi connectivity index (χ4v) is 6.48. The number of amidine groups is 1. The van der Waals surface area contributed by atoms with Crippen LogP contribution in [-0.2, 0) is 9.53 Å². The normalized spacial score (nSPS) is 31.4. The minimum Gasteiger partial charge on any atom is -0.465 e. The highest BCUT2D eigenvalue weighted by atomic mass is 35.5. The molecule has 38 heavy (non-hydrogen) atoms. The Kier molecular flexibility index (Phi) is 6.10. The van der Waals surface area contributed by atoms with E-state index in [-0.39, 0.29) is 41.8 Å². The zero-order valence-electron chi connectivity index (χ0n) is 21.5. The Morgan fingerprint density at radius 1 is 1.24 bits per heavy atom. The van der Waals surface area contributed by atoms with Gasteiger partial charge >= 0.3 is 6.09 Å². The number of halogens is 1. The lowest BCUT2D eigenvalue weighted by Crippen LogP contribution is -2.56. The predicted octanol–water partition coefficient (Wildman–Crippen LogP) is 4.52. The van der Waals surface area contributed by atoms with Crippen molar-refractivity contribution < 1.29 is 19.4 Å². The topological polar surface area (TPSA) is 103 Å². The molecule has 8 nitrogen and oxygen atoms in total. The van der Waals surface area contributed by atoms with E-state index < -0.39 is 12.1 Å². The van der Waals surface area contributed by atoms with Crippen molar-refractivity contribution in [1.29, 1.82) is 0 Å². The van der Waals surface area contributed by atoms with Crippen LogP contribution in [0.3, 0.4) is 0 Å². The number of allylic oxidation sites excluding steroid dienone is 9. The molecule has 6 rings (SSSR count). The number of hydrogen-bond acceptors (Lipinski definition) is 5. The van der Waals surface area contributed by atoms with Gasteiger partial charge in [0.25, 0.3) is 0 Å². The van der Waals surface area contributed by atoms with Gasteiger partial charge in [-0.05, 0) is 55.6 Å². The molecule has 0 aromatic rings. The summed E-state index contributed by atoms with van der Waals surface area (Å²) in [5.74, 6) is 1.35. The van der Waals surface area contributed by atoms with Crippen molar-refractivity contribution in [3.05, 3.63) is 82.0 Å². The molecule has 9 heteroatoms. The van der Waals surface area contributed by atoms with E-state index >= 15 is 0 Å². The molecule has 0 aromatic carbocycles. The Morgan fingerprint density at radius 3 is 2.82 bits per heavy atom. The maximum atomic E-state index is 13.6. The van der Waals surface area contributed by atoms with Crippen molar-refractivity contribution in [2.24, 2.45) is 22.7 Å². The van der Waals surface area contributed by atoms with E-state index in [4.69, 9.17) is 21.3 Å². The maximum Gasteiger partial charge on any atom is 0.405 e. The van der Waals surface area contributed by atoms with E-state index in [1.54, 1.807) is 6.26 Å². The molecule has 6 atom stereocenters. The van der Waals surface area contributed by atoms with Crippen LogP contribution in [0, 0.1) is 17.8 Å².